The van der Waals surface area contributed by atoms with Crippen LogP contribution >= 0.6 is 0 Å². The second-order valence-corrected chi connectivity index (χ2v) is 7.07. The summed E-state index contributed by atoms with van der Waals surface area (Å²) in [4.78, 5) is 16.2. The number of amides is 1. The number of ether oxygens (including phenoxy) is 1. The number of nitrogens with one attached hydrogen (secondary N) is 1. The van der Waals surface area contributed by atoms with Crippen LogP contribution in [0.2, 0.25) is 0 Å². The van der Waals surface area contributed by atoms with E-state index < -0.39 is 11.6 Å². The molecule has 1 amide bonds. The topological polar surface area (TPSA) is 56.2 Å². The van der Waals surface area contributed by atoms with E-state index in [2.05, 4.69) is 10.3 Å². The van der Waals surface area contributed by atoms with Crippen LogP contribution in [0.25, 0.3) is 11.3 Å². The Hall–Kier alpha value is -3.06. The highest BCUT2D eigenvalue weighted by Crippen LogP contribution is 2.34. The van der Waals surface area contributed by atoms with Gasteiger partial charge in [-0.15, -0.1) is 0 Å². The smallest absolute Gasteiger partial charge is 0.251 e. The van der Waals surface area contributed by atoms with Crippen LogP contribution in [0.1, 0.15) is 34.0 Å². The number of rotatable bonds is 5. The normalized spacial score (nSPS) is 16.2. The van der Waals surface area contributed by atoms with E-state index in [1.165, 1.54) is 6.07 Å². The first-order valence-electron chi connectivity index (χ1n) is 9.46. The van der Waals surface area contributed by atoms with Gasteiger partial charge in [-0.05, 0) is 42.3 Å². The van der Waals surface area contributed by atoms with Crippen molar-refractivity contribution in [3.05, 3.63) is 77.2 Å². The predicted octanol–water partition coefficient (Wildman–Crippen LogP) is 3.74. The third-order valence-electron chi connectivity index (χ3n) is 5.18. The zero-order valence-electron chi connectivity index (χ0n) is 16.0. The van der Waals surface area contributed by atoms with Crippen molar-refractivity contribution >= 4 is 5.91 Å². The predicted molar refractivity (Wildman–Crippen MR) is 105 cm³/mol. The third-order valence-corrected chi connectivity index (χ3v) is 5.18. The monoisotopic (exact) mass is 397 g/mol. The number of nitrogens with zero attached hydrogens (tertiary/aromatic N) is 2. The highest BCUT2D eigenvalue weighted by atomic mass is 19.2. The van der Waals surface area contributed by atoms with E-state index in [4.69, 9.17) is 4.74 Å². The number of benzene rings is 2. The highest BCUT2D eigenvalue weighted by molar-refractivity contribution is 5.93. The average Bonchev–Trinajstić information content (AvgIpc) is 3.40. The Labute approximate surface area is 167 Å². The lowest BCUT2D eigenvalue weighted by Gasteiger charge is -2.15. The SMILES string of the molecule is CNC(=O)c1ccc(Cn2cnc(-c3ccc(F)c(F)c3)c2C2CCOC2)cc1. The van der Waals surface area contributed by atoms with Crippen molar-refractivity contribution in [2.24, 2.45) is 0 Å². The number of aromatic nitrogens is 2. The summed E-state index contributed by atoms with van der Waals surface area (Å²) in [7, 11) is 1.59. The van der Waals surface area contributed by atoms with Gasteiger partial charge in [0.15, 0.2) is 11.6 Å². The molecule has 0 bridgehead atoms. The minimum Gasteiger partial charge on any atom is -0.381 e. The summed E-state index contributed by atoms with van der Waals surface area (Å²) in [5.41, 5.74) is 3.73. The van der Waals surface area contributed by atoms with Crippen molar-refractivity contribution in [1.29, 1.82) is 0 Å². The molecule has 1 aromatic heterocycles. The summed E-state index contributed by atoms with van der Waals surface area (Å²) in [6.07, 6.45) is 2.56. The Kier molecular flexibility index (Phi) is 5.40. The van der Waals surface area contributed by atoms with Gasteiger partial charge in [0.25, 0.3) is 5.91 Å². The molecular formula is C22H21F2N3O2. The number of carbonyl (C=O) groups excluding carboxylic acids is 1. The van der Waals surface area contributed by atoms with Gasteiger partial charge >= 0.3 is 0 Å². The first-order chi connectivity index (χ1) is 14.1. The third kappa shape index (κ3) is 3.91. The van der Waals surface area contributed by atoms with Crippen LogP contribution in [-0.2, 0) is 11.3 Å². The molecule has 5 nitrogen and oxygen atoms in total. The molecule has 0 radical (unpaired) electrons. The fourth-order valence-corrected chi connectivity index (χ4v) is 3.66. The van der Waals surface area contributed by atoms with Crippen LogP contribution in [0, 0.1) is 11.6 Å². The van der Waals surface area contributed by atoms with E-state index in [-0.39, 0.29) is 11.8 Å². The second-order valence-electron chi connectivity index (χ2n) is 7.07. The van der Waals surface area contributed by atoms with Gasteiger partial charge in [0.05, 0.1) is 24.3 Å². The lowest BCUT2D eigenvalue weighted by Crippen LogP contribution is -2.17. The molecule has 150 valence electrons. The van der Waals surface area contributed by atoms with Gasteiger partial charge in [0.2, 0.25) is 0 Å². The molecule has 1 aliphatic heterocycles. The van der Waals surface area contributed by atoms with Crippen LogP contribution in [0.5, 0.6) is 0 Å². The van der Waals surface area contributed by atoms with Gasteiger partial charge in [0, 0.05) is 37.2 Å². The number of imidazole rings is 1. The number of carbonyl (C=O) groups is 1. The van der Waals surface area contributed by atoms with Gasteiger partial charge in [-0.2, -0.15) is 0 Å². The molecule has 2 heterocycles. The molecule has 0 saturated carbocycles. The molecule has 1 fully saturated rings. The van der Waals surface area contributed by atoms with Crippen molar-refractivity contribution in [3.63, 3.8) is 0 Å². The quantitative estimate of drug-likeness (QED) is 0.714. The molecule has 0 aliphatic carbocycles. The van der Waals surface area contributed by atoms with Gasteiger partial charge < -0.3 is 14.6 Å². The zero-order valence-corrected chi connectivity index (χ0v) is 16.0. The lowest BCUT2D eigenvalue weighted by atomic mass is 9.98. The van der Waals surface area contributed by atoms with E-state index in [0.29, 0.717) is 36.6 Å². The molecule has 2 aromatic carbocycles. The maximum Gasteiger partial charge on any atom is 0.251 e. The van der Waals surface area contributed by atoms with Crippen molar-refractivity contribution in [2.45, 2.75) is 18.9 Å². The average molecular weight is 397 g/mol. The summed E-state index contributed by atoms with van der Waals surface area (Å²) in [6, 6.07) is 11.2. The van der Waals surface area contributed by atoms with Gasteiger partial charge in [-0.1, -0.05) is 12.1 Å². The Balaban J connectivity index is 1.69. The molecule has 0 spiro atoms. The largest absolute Gasteiger partial charge is 0.381 e. The van der Waals surface area contributed by atoms with Crippen LogP contribution in [0.4, 0.5) is 8.78 Å². The van der Waals surface area contributed by atoms with E-state index in [9.17, 15) is 13.6 Å². The Morgan fingerprint density at radius 1 is 1.21 bits per heavy atom. The summed E-state index contributed by atoms with van der Waals surface area (Å²) < 4.78 is 34.7. The van der Waals surface area contributed by atoms with E-state index in [1.54, 1.807) is 31.6 Å². The van der Waals surface area contributed by atoms with Gasteiger partial charge in [-0.25, -0.2) is 13.8 Å². The standard InChI is InChI=1S/C22H21F2N3O2/c1-25-22(28)15-4-2-14(3-5-15)11-27-13-26-20(21(27)17-8-9-29-12-17)16-6-7-18(23)19(24)10-16/h2-7,10,13,17H,8-9,11-12H2,1H3,(H,25,28). The Morgan fingerprint density at radius 2 is 2.00 bits per heavy atom. The molecule has 29 heavy (non-hydrogen) atoms. The van der Waals surface area contributed by atoms with Crippen LogP contribution in [-0.4, -0.2) is 35.7 Å². The maximum absolute atomic E-state index is 13.8. The van der Waals surface area contributed by atoms with Crippen molar-refractivity contribution in [1.82, 2.24) is 14.9 Å². The minimum atomic E-state index is -0.893. The van der Waals surface area contributed by atoms with E-state index in [1.807, 2.05) is 16.7 Å². The van der Waals surface area contributed by atoms with Crippen molar-refractivity contribution < 1.29 is 18.3 Å². The molecule has 4 rings (SSSR count). The summed E-state index contributed by atoms with van der Waals surface area (Å²) in [5, 5.41) is 2.60. The molecule has 1 N–H and O–H groups in total. The molecule has 1 unspecified atom stereocenters. The minimum absolute atomic E-state index is 0.130. The fraction of sp³-hybridized carbons (Fsp3) is 0.273. The second kappa shape index (κ2) is 8.13. The molecule has 1 atom stereocenters. The molecule has 1 aliphatic rings. The number of halogens is 2. The molecular weight excluding hydrogens is 376 g/mol. The van der Waals surface area contributed by atoms with Gasteiger partial charge in [-0.3, -0.25) is 4.79 Å². The fourth-order valence-electron chi connectivity index (χ4n) is 3.66. The molecule has 1 saturated heterocycles. The summed E-state index contributed by atoms with van der Waals surface area (Å²) in [6.45, 7) is 1.78. The van der Waals surface area contributed by atoms with E-state index in [0.717, 1.165) is 23.7 Å². The van der Waals surface area contributed by atoms with Gasteiger partial charge in [0.1, 0.15) is 0 Å². The number of hydrogen-bond donors (Lipinski definition) is 1. The summed E-state index contributed by atoms with van der Waals surface area (Å²) in [5.74, 6) is -1.78. The van der Waals surface area contributed by atoms with Crippen LogP contribution in [0.15, 0.2) is 48.8 Å². The summed E-state index contributed by atoms with van der Waals surface area (Å²) >= 11 is 0. The van der Waals surface area contributed by atoms with E-state index >= 15 is 0 Å². The zero-order chi connectivity index (χ0) is 20.4. The molecule has 3 aromatic rings. The maximum atomic E-state index is 13.8. The first kappa shape index (κ1) is 19.3. The van der Waals surface area contributed by atoms with Crippen LogP contribution < -0.4 is 5.32 Å². The van der Waals surface area contributed by atoms with Crippen molar-refractivity contribution in [3.8, 4) is 11.3 Å². The first-order valence-corrected chi connectivity index (χ1v) is 9.46. The Bertz CT molecular complexity index is 1030. The molecule has 7 heteroatoms. The number of hydrogen-bond acceptors (Lipinski definition) is 3. The lowest BCUT2D eigenvalue weighted by molar-refractivity contribution is 0.0963. The highest BCUT2D eigenvalue weighted by Gasteiger charge is 2.26. The Morgan fingerprint density at radius 3 is 2.66 bits per heavy atom. The van der Waals surface area contributed by atoms with Crippen LogP contribution in [0.3, 0.4) is 0 Å². The van der Waals surface area contributed by atoms with Crippen molar-refractivity contribution in [2.75, 3.05) is 20.3 Å².